The number of benzene rings is 2. The maximum absolute atomic E-state index is 12.5. The number of nitrogens with one attached hydrogen (secondary N) is 1. The highest BCUT2D eigenvalue weighted by Crippen LogP contribution is 2.20. The Balaban J connectivity index is 1.25. The average Bonchev–Trinajstić information content (AvgIpc) is 3.15. The molecule has 0 unspecified atom stereocenters. The van der Waals surface area contributed by atoms with E-state index in [1.807, 2.05) is 48.5 Å². The van der Waals surface area contributed by atoms with Crippen LogP contribution >= 0.6 is 11.6 Å². The third-order valence-corrected chi connectivity index (χ3v) is 5.19. The fourth-order valence-corrected chi connectivity index (χ4v) is 3.58. The summed E-state index contributed by atoms with van der Waals surface area (Å²) in [6.07, 6.45) is 0. The number of nitrogens with zero attached hydrogens (tertiary/aromatic N) is 5. The Morgan fingerprint density at radius 2 is 1.83 bits per heavy atom. The molecule has 0 aliphatic carbocycles. The quantitative estimate of drug-likeness (QED) is 0.687. The van der Waals surface area contributed by atoms with E-state index in [-0.39, 0.29) is 24.9 Å². The molecule has 150 valence electrons. The van der Waals surface area contributed by atoms with Gasteiger partial charge >= 0.3 is 0 Å². The third kappa shape index (κ3) is 4.48. The summed E-state index contributed by atoms with van der Waals surface area (Å²) in [5.74, 6) is -0.362. The third-order valence-electron chi connectivity index (χ3n) is 4.96. The van der Waals surface area contributed by atoms with Crippen molar-refractivity contribution in [1.29, 1.82) is 0 Å². The number of amides is 2. The molecule has 0 atom stereocenters. The maximum Gasteiger partial charge on any atom is 0.242 e. The standard InChI is InChI=1S/C20H21ClN6O2/c21-15-4-3-5-16(12-15)25-8-10-26(11-9-25)20(29)13-22-19(28)14-27-18-7-2-1-6-17(18)23-24-27/h1-7,12H,8-11,13-14H2,(H,22,28). The lowest BCUT2D eigenvalue weighted by atomic mass is 10.2. The van der Waals surface area contributed by atoms with Gasteiger partial charge in [-0.15, -0.1) is 5.10 Å². The van der Waals surface area contributed by atoms with Gasteiger partial charge in [-0.3, -0.25) is 9.59 Å². The Kier molecular flexibility index (Phi) is 5.62. The van der Waals surface area contributed by atoms with E-state index in [1.54, 1.807) is 4.90 Å². The van der Waals surface area contributed by atoms with Gasteiger partial charge in [0.2, 0.25) is 11.8 Å². The topological polar surface area (TPSA) is 83.4 Å². The van der Waals surface area contributed by atoms with Gasteiger partial charge in [-0.25, -0.2) is 4.68 Å². The second-order valence-corrected chi connectivity index (χ2v) is 7.30. The highest BCUT2D eigenvalue weighted by molar-refractivity contribution is 6.30. The van der Waals surface area contributed by atoms with Crippen LogP contribution in [-0.2, 0) is 16.1 Å². The summed E-state index contributed by atoms with van der Waals surface area (Å²) in [4.78, 5) is 28.6. The molecule has 0 radical (unpaired) electrons. The molecular formula is C20H21ClN6O2. The largest absolute Gasteiger partial charge is 0.368 e. The van der Waals surface area contributed by atoms with Crippen LogP contribution in [0.4, 0.5) is 5.69 Å². The number of aromatic nitrogens is 3. The van der Waals surface area contributed by atoms with Crippen molar-refractivity contribution in [2.75, 3.05) is 37.6 Å². The first-order chi connectivity index (χ1) is 14.1. The van der Waals surface area contributed by atoms with Crippen LogP contribution in [0.15, 0.2) is 48.5 Å². The molecular weight excluding hydrogens is 392 g/mol. The smallest absolute Gasteiger partial charge is 0.242 e. The summed E-state index contributed by atoms with van der Waals surface area (Å²) >= 11 is 6.06. The van der Waals surface area contributed by atoms with Gasteiger partial charge in [0.25, 0.3) is 0 Å². The summed E-state index contributed by atoms with van der Waals surface area (Å²) in [6, 6.07) is 15.1. The summed E-state index contributed by atoms with van der Waals surface area (Å²) < 4.78 is 1.53. The Labute approximate surface area is 173 Å². The number of hydrogen-bond acceptors (Lipinski definition) is 5. The van der Waals surface area contributed by atoms with Crippen LogP contribution in [0.25, 0.3) is 11.0 Å². The Bertz CT molecular complexity index is 1030. The lowest BCUT2D eigenvalue weighted by Crippen LogP contribution is -2.51. The number of rotatable bonds is 5. The van der Waals surface area contributed by atoms with Crippen LogP contribution in [0.1, 0.15) is 0 Å². The molecule has 1 fully saturated rings. The molecule has 9 heteroatoms. The summed E-state index contributed by atoms with van der Waals surface area (Å²) in [6.45, 7) is 2.67. The fourth-order valence-electron chi connectivity index (χ4n) is 3.40. The monoisotopic (exact) mass is 412 g/mol. The first-order valence-electron chi connectivity index (χ1n) is 9.43. The van der Waals surface area contributed by atoms with Crippen molar-refractivity contribution in [3.63, 3.8) is 0 Å². The molecule has 0 saturated carbocycles. The zero-order valence-corrected chi connectivity index (χ0v) is 16.5. The average molecular weight is 413 g/mol. The highest BCUT2D eigenvalue weighted by atomic mass is 35.5. The predicted octanol–water partition coefficient (Wildman–Crippen LogP) is 1.55. The molecule has 1 saturated heterocycles. The van der Waals surface area contributed by atoms with E-state index >= 15 is 0 Å². The molecule has 0 spiro atoms. The van der Waals surface area contributed by atoms with Crippen molar-refractivity contribution >= 4 is 40.1 Å². The number of fused-ring (bicyclic) bond motifs is 1. The Hall–Kier alpha value is -3.13. The van der Waals surface area contributed by atoms with E-state index in [1.165, 1.54) is 4.68 Å². The zero-order chi connectivity index (χ0) is 20.2. The molecule has 2 heterocycles. The molecule has 8 nitrogen and oxygen atoms in total. The number of para-hydroxylation sites is 1. The van der Waals surface area contributed by atoms with E-state index in [0.717, 1.165) is 29.8 Å². The van der Waals surface area contributed by atoms with Crippen molar-refractivity contribution in [2.45, 2.75) is 6.54 Å². The summed E-state index contributed by atoms with van der Waals surface area (Å²) in [5.41, 5.74) is 2.57. The number of halogens is 1. The van der Waals surface area contributed by atoms with Gasteiger partial charge in [-0.2, -0.15) is 0 Å². The van der Waals surface area contributed by atoms with Gasteiger partial charge in [-0.1, -0.05) is 35.0 Å². The van der Waals surface area contributed by atoms with Crippen LogP contribution in [0.2, 0.25) is 5.02 Å². The summed E-state index contributed by atoms with van der Waals surface area (Å²) in [7, 11) is 0. The van der Waals surface area contributed by atoms with Crippen molar-refractivity contribution < 1.29 is 9.59 Å². The Morgan fingerprint density at radius 1 is 1.03 bits per heavy atom. The van der Waals surface area contributed by atoms with E-state index in [2.05, 4.69) is 20.5 Å². The molecule has 1 aliphatic rings. The van der Waals surface area contributed by atoms with Crippen LogP contribution in [0.5, 0.6) is 0 Å². The van der Waals surface area contributed by atoms with Crippen LogP contribution in [0.3, 0.4) is 0 Å². The number of carbonyl (C=O) groups excluding carboxylic acids is 2. The lowest BCUT2D eigenvalue weighted by molar-refractivity contribution is -0.133. The predicted molar refractivity (Wildman–Crippen MR) is 111 cm³/mol. The van der Waals surface area contributed by atoms with Gasteiger partial charge in [0.05, 0.1) is 12.1 Å². The number of piperazine rings is 1. The first-order valence-corrected chi connectivity index (χ1v) is 9.81. The van der Waals surface area contributed by atoms with Gasteiger partial charge in [0.15, 0.2) is 0 Å². The van der Waals surface area contributed by atoms with Crippen molar-refractivity contribution in [1.82, 2.24) is 25.2 Å². The van der Waals surface area contributed by atoms with E-state index in [0.29, 0.717) is 18.1 Å². The molecule has 0 bridgehead atoms. The van der Waals surface area contributed by atoms with Gasteiger partial charge in [0.1, 0.15) is 12.1 Å². The van der Waals surface area contributed by atoms with Gasteiger partial charge in [-0.05, 0) is 30.3 Å². The molecule has 1 aliphatic heterocycles. The summed E-state index contributed by atoms with van der Waals surface area (Å²) in [5, 5.41) is 11.4. The minimum Gasteiger partial charge on any atom is -0.368 e. The van der Waals surface area contributed by atoms with Crippen molar-refractivity contribution in [2.24, 2.45) is 0 Å². The molecule has 3 aromatic rings. The van der Waals surface area contributed by atoms with Gasteiger partial charge in [0, 0.05) is 36.9 Å². The van der Waals surface area contributed by atoms with E-state index in [9.17, 15) is 9.59 Å². The van der Waals surface area contributed by atoms with E-state index < -0.39 is 0 Å². The maximum atomic E-state index is 12.5. The number of anilines is 1. The SMILES string of the molecule is O=C(Cn1nnc2ccccc21)NCC(=O)N1CCN(c2cccc(Cl)c2)CC1. The second kappa shape index (κ2) is 8.48. The molecule has 1 aromatic heterocycles. The highest BCUT2D eigenvalue weighted by Gasteiger charge is 2.21. The second-order valence-electron chi connectivity index (χ2n) is 6.86. The lowest BCUT2D eigenvalue weighted by Gasteiger charge is -2.36. The van der Waals surface area contributed by atoms with Crippen LogP contribution in [0, 0.1) is 0 Å². The van der Waals surface area contributed by atoms with E-state index in [4.69, 9.17) is 11.6 Å². The van der Waals surface area contributed by atoms with Crippen LogP contribution < -0.4 is 10.2 Å². The normalized spacial score (nSPS) is 14.2. The zero-order valence-electron chi connectivity index (χ0n) is 15.8. The Morgan fingerprint density at radius 3 is 2.62 bits per heavy atom. The molecule has 1 N–H and O–H groups in total. The van der Waals surface area contributed by atoms with Crippen molar-refractivity contribution in [3.05, 3.63) is 53.6 Å². The van der Waals surface area contributed by atoms with Crippen LogP contribution in [-0.4, -0.2) is 64.4 Å². The fraction of sp³-hybridized carbons (Fsp3) is 0.300. The number of hydrogen-bond donors (Lipinski definition) is 1. The molecule has 4 rings (SSSR count). The molecule has 29 heavy (non-hydrogen) atoms. The minimum absolute atomic E-state index is 0.0241. The first kappa shape index (κ1) is 19.2. The number of carbonyl (C=O) groups is 2. The molecule has 2 amide bonds. The minimum atomic E-state index is -0.272. The van der Waals surface area contributed by atoms with Crippen molar-refractivity contribution in [3.8, 4) is 0 Å². The molecule has 2 aromatic carbocycles. The van der Waals surface area contributed by atoms with Gasteiger partial charge < -0.3 is 15.1 Å².